The van der Waals surface area contributed by atoms with Crippen molar-refractivity contribution >= 4 is 5.91 Å². The Balaban J connectivity index is 3.65. The Labute approximate surface area is 349 Å². The molecule has 0 aromatic carbocycles. The maximum absolute atomic E-state index is 12.5. The summed E-state index contributed by atoms with van der Waals surface area (Å²) in [6, 6.07) is -0.997. The van der Waals surface area contributed by atoms with Crippen molar-refractivity contribution in [1.29, 1.82) is 0 Å². The van der Waals surface area contributed by atoms with Crippen molar-refractivity contribution in [2.45, 2.75) is 295 Å². The third-order valence-electron chi connectivity index (χ3n) is 12.0. The van der Waals surface area contributed by atoms with Crippen molar-refractivity contribution in [1.82, 2.24) is 5.32 Å². The van der Waals surface area contributed by atoms with E-state index in [-0.39, 0.29) is 0 Å². The number of carbonyl (C=O) groups excluding carboxylic acids is 1. The minimum Gasteiger partial charge on any atom is -0.394 e. The molecule has 0 spiro atoms. The lowest BCUT2D eigenvalue weighted by molar-refractivity contribution is -0.132. The Morgan fingerprint density at radius 2 is 0.732 bits per heavy atom. The third-order valence-corrected chi connectivity index (χ3v) is 12.0. The summed E-state index contributed by atoms with van der Waals surface area (Å²) in [7, 11) is 0. The fraction of sp³-hybridized carbons (Fsp3) is 0.940. The molecule has 0 saturated carbocycles. The van der Waals surface area contributed by atoms with Crippen LogP contribution in [0.2, 0.25) is 0 Å². The van der Waals surface area contributed by atoms with E-state index in [1.807, 2.05) is 0 Å². The highest BCUT2D eigenvalue weighted by atomic mass is 16.3. The number of nitrogens with one attached hydrogen (secondary N) is 1. The van der Waals surface area contributed by atoms with Crippen LogP contribution in [-0.4, -0.2) is 57.3 Å². The molecule has 0 radical (unpaired) electrons. The Morgan fingerprint density at radius 1 is 0.429 bits per heavy atom. The van der Waals surface area contributed by atoms with E-state index in [2.05, 4.69) is 31.3 Å². The third kappa shape index (κ3) is 38.6. The zero-order chi connectivity index (χ0) is 41.0. The lowest BCUT2D eigenvalue weighted by Gasteiger charge is -2.27. The SMILES string of the molecule is CCCCCCCCCCCCC/C=C/CCCC(O)C(O)C(CO)NC(=O)C(O)CCCCCCCCCCCCCCCCCCCCCCCCCC. The van der Waals surface area contributed by atoms with Crippen LogP contribution in [-0.2, 0) is 4.79 Å². The second kappa shape index (κ2) is 45.1. The minimum atomic E-state index is -1.28. The van der Waals surface area contributed by atoms with Crippen molar-refractivity contribution in [2.75, 3.05) is 6.61 Å². The van der Waals surface area contributed by atoms with Crippen molar-refractivity contribution in [2.24, 2.45) is 0 Å². The standard InChI is InChI=1S/C50H99NO5/c1-3-5-7-9-11-13-15-17-19-21-22-23-24-25-26-27-28-30-32-34-36-38-40-42-44-48(54)50(56)51-46(45-52)49(55)47(53)43-41-39-37-35-33-31-29-20-18-16-14-12-10-8-6-4-2/h35,37,46-49,52-55H,3-34,36,38-45H2,1-2H3,(H,51,56)/b37-35+. The molecule has 0 aliphatic rings. The van der Waals surface area contributed by atoms with Gasteiger partial charge in [-0.15, -0.1) is 0 Å². The largest absolute Gasteiger partial charge is 0.394 e. The lowest BCUT2D eigenvalue weighted by Crippen LogP contribution is -2.53. The van der Waals surface area contributed by atoms with Crippen LogP contribution < -0.4 is 5.32 Å². The number of rotatable bonds is 46. The van der Waals surface area contributed by atoms with Gasteiger partial charge in [-0.2, -0.15) is 0 Å². The van der Waals surface area contributed by atoms with Gasteiger partial charge in [0.1, 0.15) is 12.2 Å². The van der Waals surface area contributed by atoms with Gasteiger partial charge in [0.2, 0.25) is 5.91 Å². The van der Waals surface area contributed by atoms with Gasteiger partial charge in [-0.05, 0) is 38.5 Å². The molecule has 56 heavy (non-hydrogen) atoms. The first-order valence-corrected chi connectivity index (χ1v) is 25.1. The number of carbonyl (C=O) groups is 1. The van der Waals surface area contributed by atoms with E-state index >= 15 is 0 Å². The average molecular weight is 794 g/mol. The number of unbranched alkanes of at least 4 members (excludes halogenated alkanes) is 35. The molecule has 0 saturated heterocycles. The Bertz CT molecular complexity index is 806. The molecule has 5 N–H and O–H groups in total. The van der Waals surface area contributed by atoms with Gasteiger partial charge in [-0.3, -0.25) is 4.79 Å². The molecule has 0 aliphatic heterocycles. The van der Waals surface area contributed by atoms with E-state index < -0.39 is 36.9 Å². The van der Waals surface area contributed by atoms with E-state index in [1.165, 1.54) is 205 Å². The first-order chi connectivity index (χ1) is 27.5. The fourth-order valence-corrected chi connectivity index (χ4v) is 7.99. The van der Waals surface area contributed by atoms with E-state index in [1.54, 1.807) is 0 Å². The zero-order valence-electron chi connectivity index (χ0n) is 37.7. The number of allylic oxidation sites excluding steroid dienone is 2. The molecule has 334 valence electrons. The summed E-state index contributed by atoms with van der Waals surface area (Å²) in [4.78, 5) is 12.5. The number of hydrogen-bond acceptors (Lipinski definition) is 5. The molecule has 6 nitrogen and oxygen atoms in total. The molecule has 0 heterocycles. The summed E-state index contributed by atoms with van der Waals surface area (Å²) in [5.74, 6) is -0.588. The van der Waals surface area contributed by atoms with Crippen LogP contribution >= 0.6 is 0 Å². The van der Waals surface area contributed by atoms with E-state index in [0.717, 1.165) is 38.5 Å². The number of aliphatic hydroxyl groups is 4. The van der Waals surface area contributed by atoms with Crippen LogP contribution in [0, 0.1) is 0 Å². The van der Waals surface area contributed by atoms with Gasteiger partial charge < -0.3 is 25.7 Å². The van der Waals surface area contributed by atoms with Gasteiger partial charge in [-0.1, -0.05) is 244 Å². The highest BCUT2D eigenvalue weighted by Crippen LogP contribution is 2.17. The molecule has 0 aromatic heterocycles. The zero-order valence-corrected chi connectivity index (χ0v) is 37.7. The van der Waals surface area contributed by atoms with Crippen LogP contribution in [0.5, 0.6) is 0 Å². The minimum absolute atomic E-state index is 0.368. The van der Waals surface area contributed by atoms with Crippen LogP contribution in [0.3, 0.4) is 0 Å². The molecule has 0 fully saturated rings. The second-order valence-electron chi connectivity index (χ2n) is 17.5. The van der Waals surface area contributed by atoms with Crippen molar-refractivity contribution in [3.05, 3.63) is 12.2 Å². The van der Waals surface area contributed by atoms with E-state index in [9.17, 15) is 25.2 Å². The predicted octanol–water partition coefficient (Wildman–Crippen LogP) is 13.7. The quantitative estimate of drug-likeness (QED) is 0.0311. The summed E-state index contributed by atoms with van der Waals surface area (Å²) in [6.45, 7) is 4.06. The molecule has 0 aliphatic carbocycles. The van der Waals surface area contributed by atoms with Gasteiger partial charge in [0.05, 0.1) is 18.8 Å². The van der Waals surface area contributed by atoms with Crippen molar-refractivity contribution < 1.29 is 25.2 Å². The molecule has 6 heteroatoms. The number of hydrogen-bond donors (Lipinski definition) is 5. The molecular weight excluding hydrogens is 695 g/mol. The second-order valence-corrected chi connectivity index (χ2v) is 17.5. The molecule has 0 bridgehead atoms. The highest BCUT2D eigenvalue weighted by molar-refractivity contribution is 5.80. The van der Waals surface area contributed by atoms with Gasteiger partial charge in [0, 0.05) is 0 Å². The number of aliphatic hydroxyl groups excluding tert-OH is 4. The van der Waals surface area contributed by atoms with Gasteiger partial charge in [0.25, 0.3) is 0 Å². The van der Waals surface area contributed by atoms with Crippen LogP contribution in [0.1, 0.15) is 271 Å². The normalized spacial score (nSPS) is 14.0. The van der Waals surface area contributed by atoms with E-state index in [0.29, 0.717) is 12.8 Å². The first kappa shape index (κ1) is 55.0. The highest BCUT2D eigenvalue weighted by Gasteiger charge is 2.28. The van der Waals surface area contributed by atoms with Gasteiger partial charge in [0.15, 0.2) is 0 Å². The summed E-state index contributed by atoms with van der Waals surface area (Å²) < 4.78 is 0. The molecular formula is C50H99NO5. The predicted molar refractivity (Wildman–Crippen MR) is 242 cm³/mol. The smallest absolute Gasteiger partial charge is 0.249 e. The maximum atomic E-state index is 12.5. The Hall–Kier alpha value is -0.950. The van der Waals surface area contributed by atoms with Gasteiger partial charge >= 0.3 is 0 Å². The Kier molecular flexibility index (Phi) is 44.4. The average Bonchev–Trinajstić information content (AvgIpc) is 3.20. The maximum Gasteiger partial charge on any atom is 0.249 e. The van der Waals surface area contributed by atoms with Gasteiger partial charge in [-0.25, -0.2) is 0 Å². The molecule has 0 rings (SSSR count). The van der Waals surface area contributed by atoms with Crippen LogP contribution in [0.4, 0.5) is 0 Å². The fourth-order valence-electron chi connectivity index (χ4n) is 7.99. The van der Waals surface area contributed by atoms with Crippen molar-refractivity contribution in [3.8, 4) is 0 Å². The van der Waals surface area contributed by atoms with Crippen molar-refractivity contribution in [3.63, 3.8) is 0 Å². The summed E-state index contributed by atoms with van der Waals surface area (Å²) in [6.07, 6.45) is 51.2. The Morgan fingerprint density at radius 3 is 1.07 bits per heavy atom. The summed E-state index contributed by atoms with van der Waals surface area (Å²) in [5, 5.41) is 43.8. The lowest BCUT2D eigenvalue weighted by atomic mass is 10.00. The summed E-state index contributed by atoms with van der Waals surface area (Å²) in [5.41, 5.74) is 0. The number of amides is 1. The summed E-state index contributed by atoms with van der Waals surface area (Å²) >= 11 is 0. The topological polar surface area (TPSA) is 110 Å². The first-order valence-electron chi connectivity index (χ1n) is 25.1. The molecule has 4 unspecified atom stereocenters. The molecule has 0 aromatic rings. The van der Waals surface area contributed by atoms with Crippen LogP contribution in [0.15, 0.2) is 12.2 Å². The molecule has 1 amide bonds. The monoisotopic (exact) mass is 794 g/mol. The van der Waals surface area contributed by atoms with E-state index in [4.69, 9.17) is 0 Å². The van der Waals surface area contributed by atoms with Crippen LogP contribution in [0.25, 0.3) is 0 Å². The molecule has 4 atom stereocenters.